The Labute approximate surface area is 141 Å². The highest BCUT2D eigenvalue weighted by molar-refractivity contribution is 5.50. The van der Waals surface area contributed by atoms with Gasteiger partial charge in [-0.2, -0.15) is 14.6 Å². The lowest BCUT2D eigenvalue weighted by atomic mass is 9.99. The zero-order valence-electron chi connectivity index (χ0n) is 14.1. The highest BCUT2D eigenvalue weighted by atomic mass is 16.5. The van der Waals surface area contributed by atoms with Crippen molar-refractivity contribution in [1.82, 2.24) is 19.6 Å². The standard InChI is InChI=1S/C18H21N5O/c1-3-8-24-16-5-4-15-11-22(7-6-14(15)10-16)17-9-13(2)21-18-19-12-20-23(17)18/h4-5,9-10,12H,3,6-8,11H2,1-2H3. The van der Waals surface area contributed by atoms with Crippen LogP contribution in [0.4, 0.5) is 5.82 Å². The lowest BCUT2D eigenvalue weighted by Crippen LogP contribution is -2.32. The first-order valence-electron chi connectivity index (χ1n) is 8.41. The molecule has 0 bridgehead atoms. The van der Waals surface area contributed by atoms with Gasteiger partial charge < -0.3 is 9.64 Å². The summed E-state index contributed by atoms with van der Waals surface area (Å²) in [5.74, 6) is 2.67. The summed E-state index contributed by atoms with van der Waals surface area (Å²) in [6.45, 7) is 6.70. The Morgan fingerprint density at radius 2 is 2.12 bits per heavy atom. The van der Waals surface area contributed by atoms with E-state index in [-0.39, 0.29) is 0 Å². The van der Waals surface area contributed by atoms with Gasteiger partial charge in [0.15, 0.2) is 0 Å². The van der Waals surface area contributed by atoms with Crippen LogP contribution in [0, 0.1) is 6.92 Å². The molecule has 0 saturated carbocycles. The molecule has 1 aliphatic rings. The van der Waals surface area contributed by atoms with Gasteiger partial charge in [0.25, 0.3) is 5.78 Å². The van der Waals surface area contributed by atoms with Gasteiger partial charge in [0, 0.05) is 24.8 Å². The molecule has 1 aromatic carbocycles. The summed E-state index contributed by atoms with van der Waals surface area (Å²) in [6, 6.07) is 8.51. The first-order valence-corrected chi connectivity index (χ1v) is 8.41. The normalized spacial score (nSPS) is 14.0. The van der Waals surface area contributed by atoms with Gasteiger partial charge in [-0.05, 0) is 43.0 Å². The van der Waals surface area contributed by atoms with Crippen molar-refractivity contribution in [2.45, 2.75) is 33.2 Å². The molecule has 1 aliphatic heterocycles. The van der Waals surface area contributed by atoms with E-state index in [0.29, 0.717) is 5.78 Å². The third-order valence-corrected chi connectivity index (χ3v) is 4.35. The summed E-state index contributed by atoms with van der Waals surface area (Å²) < 4.78 is 7.57. The van der Waals surface area contributed by atoms with E-state index >= 15 is 0 Å². The van der Waals surface area contributed by atoms with Crippen molar-refractivity contribution in [3.05, 3.63) is 47.4 Å². The Hall–Kier alpha value is -2.63. The molecule has 0 spiro atoms. The van der Waals surface area contributed by atoms with Gasteiger partial charge in [-0.15, -0.1) is 0 Å². The van der Waals surface area contributed by atoms with Crippen LogP contribution >= 0.6 is 0 Å². The Bertz CT molecular complexity index is 873. The van der Waals surface area contributed by atoms with Crippen molar-refractivity contribution >= 4 is 11.6 Å². The van der Waals surface area contributed by atoms with E-state index < -0.39 is 0 Å². The van der Waals surface area contributed by atoms with E-state index in [4.69, 9.17) is 4.74 Å². The molecule has 2 aromatic heterocycles. The van der Waals surface area contributed by atoms with Crippen LogP contribution in [0.3, 0.4) is 0 Å². The second-order valence-electron chi connectivity index (χ2n) is 6.18. The molecule has 24 heavy (non-hydrogen) atoms. The zero-order valence-corrected chi connectivity index (χ0v) is 14.1. The Morgan fingerprint density at radius 3 is 3.00 bits per heavy atom. The van der Waals surface area contributed by atoms with Crippen molar-refractivity contribution in [2.75, 3.05) is 18.1 Å². The van der Waals surface area contributed by atoms with E-state index in [1.54, 1.807) is 6.33 Å². The van der Waals surface area contributed by atoms with Gasteiger partial charge in [-0.1, -0.05) is 13.0 Å². The summed E-state index contributed by atoms with van der Waals surface area (Å²) in [5.41, 5.74) is 3.67. The summed E-state index contributed by atoms with van der Waals surface area (Å²) >= 11 is 0. The predicted molar refractivity (Wildman–Crippen MR) is 92.5 cm³/mol. The Morgan fingerprint density at radius 1 is 1.21 bits per heavy atom. The van der Waals surface area contributed by atoms with Crippen LogP contribution in [-0.4, -0.2) is 32.7 Å². The third-order valence-electron chi connectivity index (χ3n) is 4.35. The molecule has 4 rings (SSSR count). The van der Waals surface area contributed by atoms with Gasteiger partial charge in [0.1, 0.15) is 17.9 Å². The molecule has 0 atom stereocenters. The number of hydrogen-bond donors (Lipinski definition) is 0. The number of aryl methyl sites for hydroxylation is 1. The van der Waals surface area contributed by atoms with Gasteiger partial charge in [0.2, 0.25) is 0 Å². The molecule has 0 fully saturated rings. The number of anilines is 1. The average Bonchev–Trinajstić information content (AvgIpc) is 3.06. The minimum absolute atomic E-state index is 0.652. The summed E-state index contributed by atoms with van der Waals surface area (Å²) in [4.78, 5) is 11.0. The first kappa shape index (κ1) is 14.9. The molecule has 0 saturated heterocycles. The fourth-order valence-electron chi connectivity index (χ4n) is 3.17. The average molecular weight is 323 g/mol. The second kappa shape index (κ2) is 6.11. The maximum Gasteiger partial charge on any atom is 0.254 e. The maximum atomic E-state index is 5.75. The molecule has 3 heterocycles. The fraction of sp³-hybridized carbons (Fsp3) is 0.389. The molecule has 0 unspecified atom stereocenters. The topological polar surface area (TPSA) is 55.5 Å². The van der Waals surface area contributed by atoms with Crippen LogP contribution in [0.1, 0.15) is 30.2 Å². The van der Waals surface area contributed by atoms with Gasteiger partial charge in [0.05, 0.1) is 6.61 Å². The highest BCUT2D eigenvalue weighted by Gasteiger charge is 2.20. The van der Waals surface area contributed by atoms with Crippen molar-refractivity contribution in [3.8, 4) is 5.75 Å². The minimum Gasteiger partial charge on any atom is -0.494 e. The van der Waals surface area contributed by atoms with E-state index in [1.165, 1.54) is 11.1 Å². The monoisotopic (exact) mass is 323 g/mol. The second-order valence-corrected chi connectivity index (χ2v) is 6.18. The smallest absolute Gasteiger partial charge is 0.254 e. The van der Waals surface area contributed by atoms with Crippen LogP contribution in [0.2, 0.25) is 0 Å². The van der Waals surface area contributed by atoms with Gasteiger partial charge >= 0.3 is 0 Å². The lowest BCUT2D eigenvalue weighted by molar-refractivity contribution is 0.317. The van der Waals surface area contributed by atoms with Crippen molar-refractivity contribution < 1.29 is 4.74 Å². The molecule has 0 radical (unpaired) electrons. The van der Waals surface area contributed by atoms with Crippen molar-refractivity contribution in [1.29, 1.82) is 0 Å². The fourth-order valence-corrected chi connectivity index (χ4v) is 3.17. The van der Waals surface area contributed by atoms with Crippen LogP contribution in [-0.2, 0) is 13.0 Å². The summed E-state index contributed by atoms with van der Waals surface area (Å²) in [5, 5.41) is 4.32. The van der Waals surface area contributed by atoms with Crippen LogP contribution in [0.5, 0.6) is 5.75 Å². The third kappa shape index (κ3) is 2.68. The number of rotatable bonds is 4. The molecule has 3 aromatic rings. The van der Waals surface area contributed by atoms with Crippen LogP contribution in [0.25, 0.3) is 5.78 Å². The SMILES string of the molecule is CCCOc1ccc2c(c1)CCN(c1cc(C)nc3ncnn13)C2. The van der Waals surface area contributed by atoms with Gasteiger partial charge in [-0.3, -0.25) is 0 Å². The van der Waals surface area contributed by atoms with E-state index in [9.17, 15) is 0 Å². The number of fused-ring (bicyclic) bond motifs is 2. The maximum absolute atomic E-state index is 5.75. The summed E-state index contributed by atoms with van der Waals surface area (Å²) in [7, 11) is 0. The molecule has 0 amide bonds. The molecule has 124 valence electrons. The zero-order chi connectivity index (χ0) is 16.5. The van der Waals surface area contributed by atoms with Crippen LogP contribution in [0.15, 0.2) is 30.6 Å². The Kier molecular flexibility index (Phi) is 3.80. The molecular formula is C18H21N5O. The predicted octanol–water partition coefficient (Wildman–Crippen LogP) is 2.78. The Balaban J connectivity index is 1.63. The summed E-state index contributed by atoms with van der Waals surface area (Å²) in [6.07, 6.45) is 3.58. The van der Waals surface area contributed by atoms with Crippen LogP contribution < -0.4 is 9.64 Å². The molecular weight excluding hydrogens is 302 g/mol. The van der Waals surface area contributed by atoms with E-state index in [2.05, 4.69) is 51.2 Å². The molecule has 0 aliphatic carbocycles. The van der Waals surface area contributed by atoms with Crippen molar-refractivity contribution in [2.24, 2.45) is 0 Å². The number of hydrogen-bond acceptors (Lipinski definition) is 5. The molecule has 6 nitrogen and oxygen atoms in total. The largest absolute Gasteiger partial charge is 0.494 e. The molecule has 6 heteroatoms. The highest BCUT2D eigenvalue weighted by Crippen LogP contribution is 2.27. The molecule has 0 N–H and O–H groups in total. The minimum atomic E-state index is 0.652. The first-order chi connectivity index (χ1) is 11.7. The quantitative estimate of drug-likeness (QED) is 0.739. The number of benzene rings is 1. The lowest BCUT2D eigenvalue weighted by Gasteiger charge is -2.31. The van der Waals surface area contributed by atoms with Crippen molar-refractivity contribution in [3.63, 3.8) is 0 Å². The number of ether oxygens (including phenoxy) is 1. The number of aromatic nitrogens is 4. The van der Waals surface area contributed by atoms with E-state index in [1.807, 2.05) is 11.4 Å². The number of nitrogens with zero attached hydrogens (tertiary/aromatic N) is 5. The van der Waals surface area contributed by atoms with Gasteiger partial charge in [-0.25, -0.2) is 4.98 Å². The van der Waals surface area contributed by atoms with E-state index in [0.717, 1.165) is 49.8 Å².